The predicted octanol–water partition coefficient (Wildman–Crippen LogP) is 3.38. The number of methoxy groups -OCH3 is 1. The summed E-state index contributed by atoms with van der Waals surface area (Å²) >= 11 is 1.39. The summed E-state index contributed by atoms with van der Waals surface area (Å²) in [5.74, 6) is 0.548. The maximum absolute atomic E-state index is 12.0. The van der Waals surface area contributed by atoms with Crippen LogP contribution in [0.2, 0.25) is 0 Å². The van der Waals surface area contributed by atoms with E-state index >= 15 is 0 Å². The third-order valence-corrected chi connectivity index (χ3v) is 4.22. The molecule has 0 saturated heterocycles. The van der Waals surface area contributed by atoms with Crippen molar-refractivity contribution in [2.75, 3.05) is 19.0 Å². The normalized spacial score (nSPS) is 10.7. The number of hydrazone groups is 1. The molecule has 7 heteroatoms. The lowest BCUT2D eigenvalue weighted by atomic mass is 10.2. The topological polar surface area (TPSA) is 75.6 Å². The Morgan fingerprint density at radius 2 is 2.08 bits per heavy atom. The molecule has 6 nitrogen and oxygen atoms in total. The quantitative estimate of drug-likeness (QED) is 0.496. The molecule has 132 valence electrons. The molecular weight excluding hydrogens is 348 g/mol. The van der Waals surface area contributed by atoms with E-state index in [1.165, 1.54) is 11.3 Å². The van der Waals surface area contributed by atoms with E-state index in [2.05, 4.69) is 20.8 Å². The molecule has 2 aromatic carbocycles. The van der Waals surface area contributed by atoms with Crippen molar-refractivity contribution in [2.24, 2.45) is 5.10 Å². The molecule has 0 atom stereocenters. The average Bonchev–Trinajstić information content (AvgIpc) is 3.14. The maximum Gasteiger partial charge on any atom is 0.247 e. The Morgan fingerprint density at radius 3 is 2.88 bits per heavy atom. The van der Waals surface area contributed by atoms with Gasteiger partial charge in [0.2, 0.25) is 5.91 Å². The summed E-state index contributed by atoms with van der Waals surface area (Å²) in [5, 5.41) is 9.28. The molecule has 0 bridgehead atoms. The highest BCUT2D eigenvalue weighted by Gasteiger charge is 2.07. The van der Waals surface area contributed by atoms with E-state index in [1.54, 1.807) is 13.3 Å². The van der Waals surface area contributed by atoms with Gasteiger partial charge in [0.05, 0.1) is 19.0 Å². The molecule has 1 aromatic heterocycles. The van der Waals surface area contributed by atoms with E-state index in [0.29, 0.717) is 5.13 Å². The second kappa shape index (κ2) is 8.77. The molecule has 3 rings (SSSR count). The summed E-state index contributed by atoms with van der Waals surface area (Å²) in [4.78, 5) is 16.4. The number of amides is 1. The Balaban J connectivity index is 1.48. The zero-order valence-corrected chi connectivity index (χ0v) is 15.0. The van der Waals surface area contributed by atoms with Gasteiger partial charge in [-0.15, -0.1) is 11.3 Å². The number of rotatable bonds is 7. The first kappa shape index (κ1) is 17.6. The summed E-state index contributed by atoms with van der Waals surface area (Å²) in [5.41, 5.74) is 5.46. The van der Waals surface area contributed by atoms with Gasteiger partial charge in [-0.1, -0.05) is 42.5 Å². The Labute approximate surface area is 155 Å². The van der Waals surface area contributed by atoms with Gasteiger partial charge >= 0.3 is 0 Å². The molecule has 0 unspecified atom stereocenters. The van der Waals surface area contributed by atoms with Crippen LogP contribution in [0, 0.1) is 0 Å². The molecule has 0 saturated carbocycles. The van der Waals surface area contributed by atoms with Crippen LogP contribution in [0.3, 0.4) is 0 Å². The number of anilines is 1. The lowest BCUT2D eigenvalue weighted by molar-refractivity contribution is -0.115. The first-order valence-corrected chi connectivity index (χ1v) is 8.83. The Kier molecular flexibility index (Phi) is 5.95. The monoisotopic (exact) mass is 366 g/mol. The van der Waals surface area contributed by atoms with E-state index in [1.807, 2.05) is 60.0 Å². The van der Waals surface area contributed by atoms with Crippen molar-refractivity contribution in [3.63, 3.8) is 0 Å². The Morgan fingerprint density at radius 1 is 1.23 bits per heavy atom. The molecule has 1 heterocycles. The van der Waals surface area contributed by atoms with Crippen molar-refractivity contribution >= 4 is 28.6 Å². The van der Waals surface area contributed by atoms with E-state index in [4.69, 9.17) is 4.74 Å². The molecule has 0 spiro atoms. The van der Waals surface area contributed by atoms with Crippen LogP contribution in [0.25, 0.3) is 11.3 Å². The zero-order chi connectivity index (χ0) is 18.2. The van der Waals surface area contributed by atoms with Crippen molar-refractivity contribution in [1.29, 1.82) is 0 Å². The third-order valence-electron chi connectivity index (χ3n) is 3.46. The number of thiazole rings is 1. The molecule has 1 amide bonds. The molecule has 2 N–H and O–H groups in total. The zero-order valence-electron chi connectivity index (χ0n) is 14.2. The van der Waals surface area contributed by atoms with Crippen LogP contribution in [0.15, 0.2) is 65.1 Å². The minimum atomic E-state index is -0.207. The average molecular weight is 366 g/mol. The number of nitrogens with zero attached hydrogens (tertiary/aromatic N) is 2. The highest BCUT2D eigenvalue weighted by Crippen LogP contribution is 2.24. The number of ether oxygens (including phenoxy) is 1. The van der Waals surface area contributed by atoms with Crippen molar-refractivity contribution in [3.05, 3.63) is 65.5 Å². The van der Waals surface area contributed by atoms with Gasteiger partial charge in [-0.25, -0.2) is 4.98 Å². The standard InChI is InChI=1S/C19H18N4O2S/c1-25-16-9-5-6-14(10-16)11-20-21-12-18(24)23-19-22-17(13-26-19)15-7-3-2-4-8-15/h2-11,13,21H,12H2,1H3,(H,22,23,24)/b20-11+. The van der Waals surface area contributed by atoms with Gasteiger partial charge in [0.25, 0.3) is 0 Å². The number of hydrogen-bond acceptors (Lipinski definition) is 6. The van der Waals surface area contributed by atoms with Gasteiger partial charge in [-0.05, 0) is 17.7 Å². The summed E-state index contributed by atoms with van der Waals surface area (Å²) in [7, 11) is 1.61. The molecule has 3 aromatic rings. The number of benzene rings is 2. The summed E-state index contributed by atoms with van der Waals surface area (Å²) in [6.07, 6.45) is 1.63. The van der Waals surface area contributed by atoms with Crippen LogP contribution in [-0.2, 0) is 4.79 Å². The smallest absolute Gasteiger partial charge is 0.247 e. The summed E-state index contributed by atoms with van der Waals surface area (Å²) < 4.78 is 5.15. The molecule has 0 aliphatic carbocycles. The van der Waals surface area contributed by atoms with Crippen molar-refractivity contribution < 1.29 is 9.53 Å². The second-order valence-corrected chi connectivity index (χ2v) is 6.18. The Bertz CT molecular complexity index is 893. The fourth-order valence-electron chi connectivity index (χ4n) is 2.20. The van der Waals surface area contributed by atoms with E-state index in [9.17, 15) is 4.79 Å². The highest BCUT2D eigenvalue weighted by atomic mass is 32.1. The van der Waals surface area contributed by atoms with Crippen LogP contribution in [0.4, 0.5) is 5.13 Å². The van der Waals surface area contributed by atoms with Gasteiger partial charge in [-0.2, -0.15) is 5.10 Å². The minimum Gasteiger partial charge on any atom is -0.497 e. The van der Waals surface area contributed by atoms with Crippen LogP contribution in [-0.4, -0.2) is 30.8 Å². The van der Waals surface area contributed by atoms with Gasteiger partial charge in [0.15, 0.2) is 5.13 Å². The number of aromatic nitrogens is 1. The molecule has 26 heavy (non-hydrogen) atoms. The van der Waals surface area contributed by atoms with Crippen LogP contribution >= 0.6 is 11.3 Å². The molecular formula is C19H18N4O2S. The number of carbonyl (C=O) groups is 1. The van der Waals surface area contributed by atoms with Crippen molar-refractivity contribution in [1.82, 2.24) is 10.4 Å². The highest BCUT2D eigenvalue weighted by molar-refractivity contribution is 7.14. The predicted molar refractivity (Wildman–Crippen MR) is 105 cm³/mol. The lowest BCUT2D eigenvalue weighted by Gasteiger charge is -2.02. The summed E-state index contributed by atoms with van der Waals surface area (Å²) in [6.45, 7) is 0.0563. The molecule has 0 radical (unpaired) electrons. The first-order valence-electron chi connectivity index (χ1n) is 7.95. The second-order valence-electron chi connectivity index (χ2n) is 5.32. The summed E-state index contributed by atoms with van der Waals surface area (Å²) in [6, 6.07) is 17.3. The molecule has 0 fully saturated rings. The van der Waals surface area contributed by atoms with E-state index in [-0.39, 0.29) is 12.5 Å². The number of hydrogen-bond donors (Lipinski definition) is 2. The number of nitrogens with one attached hydrogen (secondary N) is 2. The third kappa shape index (κ3) is 4.90. The first-order chi connectivity index (χ1) is 12.7. The largest absolute Gasteiger partial charge is 0.497 e. The maximum atomic E-state index is 12.0. The van der Waals surface area contributed by atoms with E-state index < -0.39 is 0 Å². The SMILES string of the molecule is COc1cccc(/C=N/NCC(=O)Nc2nc(-c3ccccc3)cs2)c1. The van der Waals surface area contributed by atoms with Gasteiger partial charge in [-0.3, -0.25) is 4.79 Å². The van der Waals surface area contributed by atoms with Crippen LogP contribution < -0.4 is 15.5 Å². The molecule has 0 aliphatic heterocycles. The van der Waals surface area contributed by atoms with E-state index in [0.717, 1.165) is 22.6 Å². The minimum absolute atomic E-state index is 0.0563. The van der Waals surface area contributed by atoms with Gasteiger partial charge in [0, 0.05) is 10.9 Å². The number of carbonyl (C=O) groups excluding carboxylic acids is 1. The van der Waals surface area contributed by atoms with Crippen LogP contribution in [0.1, 0.15) is 5.56 Å². The lowest BCUT2D eigenvalue weighted by Crippen LogP contribution is -2.24. The van der Waals surface area contributed by atoms with Crippen molar-refractivity contribution in [2.45, 2.75) is 0 Å². The van der Waals surface area contributed by atoms with Crippen LogP contribution in [0.5, 0.6) is 5.75 Å². The van der Waals surface area contributed by atoms with Gasteiger partial charge in [0.1, 0.15) is 12.3 Å². The van der Waals surface area contributed by atoms with Gasteiger partial charge < -0.3 is 15.5 Å². The molecule has 0 aliphatic rings. The fraction of sp³-hybridized carbons (Fsp3) is 0.105. The fourth-order valence-corrected chi connectivity index (χ4v) is 2.93. The Hall–Kier alpha value is -3.19. The van der Waals surface area contributed by atoms with Crippen molar-refractivity contribution in [3.8, 4) is 17.0 Å².